The van der Waals surface area contributed by atoms with E-state index in [9.17, 15) is 18.5 Å². The van der Waals surface area contributed by atoms with Crippen molar-refractivity contribution in [3.63, 3.8) is 0 Å². The Morgan fingerprint density at radius 3 is 2.64 bits per heavy atom. The number of aromatic nitrogens is 1. The van der Waals surface area contributed by atoms with E-state index in [4.69, 9.17) is 0 Å². The van der Waals surface area contributed by atoms with Crippen LogP contribution in [0.25, 0.3) is 0 Å². The minimum Gasteiger partial charge on any atom is -0.291 e. The molecule has 9 heteroatoms. The predicted molar refractivity (Wildman–Crippen MR) is 96.5 cm³/mol. The van der Waals surface area contributed by atoms with Crippen molar-refractivity contribution >= 4 is 38.5 Å². The van der Waals surface area contributed by atoms with Gasteiger partial charge in [0.25, 0.3) is 0 Å². The summed E-state index contributed by atoms with van der Waals surface area (Å²) in [6.45, 7) is 2.73. The van der Waals surface area contributed by atoms with Gasteiger partial charge in [-0.2, -0.15) is 9.57 Å². The van der Waals surface area contributed by atoms with Crippen LogP contribution in [0.3, 0.4) is 0 Å². The molecule has 0 N–H and O–H groups in total. The standard InChI is InChI=1S/C16H17N3O3S3/c1-11-10-24-16(18-11)12(9-17)14(20)15-13(5-8-23-15)25(21,22)19-6-3-2-4-7-19/h5,8,10,12H,2-4,6-7H2,1H3. The van der Waals surface area contributed by atoms with Crippen LogP contribution < -0.4 is 0 Å². The molecule has 6 nitrogen and oxygen atoms in total. The quantitative estimate of drug-likeness (QED) is 0.725. The maximum atomic E-state index is 12.9. The molecule has 0 aliphatic carbocycles. The Kier molecular flexibility index (Phi) is 5.34. The first-order valence-electron chi connectivity index (χ1n) is 7.88. The van der Waals surface area contributed by atoms with Crippen molar-refractivity contribution in [2.45, 2.75) is 37.0 Å². The minimum absolute atomic E-state index is 0.0120. The van der Waals surface area contributed by atoms with E-state index in [1.807, 2.05) is 6.07 Å². The highest BCUT2D eigenvalue weighted by atomic mass is 32.2. The van der Waals surface area contributed by atoms with Gasteiger partial charge in [0.15, 0.2) is 11.7 Å². The SMILES string of the molecule is Cc1csc(C(C#N)C(=O)c2sccc2S(=O)(=O)N2CCCCC2)n1. The number of thiazole rings is 1. The minimum atomic E-state index is -3.72. The molecule has 2 aromatic rings. The van der Waals surface area contributed by atoms with Gasteiger partial charge in [-0.25, -0.2) is 13.4 Å². The molecule has 0 amide bonds. The van der Waals surface area contributed by atoms with E-state index in [0.717, 1.165) is 36.3 Å². The van der Waals surface area contributed by atoms with Crippen molar-refractivity contribution < 1.29 is 13.2 Å². The topological polar surface area (TPSA) is 91.1 Å². The van der Waals surface area contributed by atoms with Gasteiger partial charge in [-0.05, 0) is 31.2 Å². The van der Waals surface area contributed by atoms with Crippen LogP contribution in [-0.2, 0) is 10.0 Å². The second-order valence-electron chi connectivity index (χ2n) is 5.83. The molecule has 2 aromatic heterocycles. The summed E-state index contributed by atoms with van der Waals surface area (Å²) in [7, 11) is -3.72. The normalized spacial score (nSPS) is 17.1. The zero-order chi connectivity index (χ0) is 18.0. The highest BCUT2D eigenvalue weighted by Crippen LogP contribution is 2.32. The summed E-state index contributed by atoms with van der Waals surface area (Å²) >= 11 is 2.30. The molecule has 3 rings (SSSR count). The largest absolute Gasteiger partial charge is 0.291 e. The number of carbonyl (C=O) groups excluding carboxylic acids is 1. The van der Waals surface area contributed by atoms with Crippen molar-refractivity contribution in [1.29, 1.82) is 5.26 Å². The van der Waals surface area contributed by atoms with Gasteiger partial charge in [0, 0.05) is 24.2 Å². The van der Waals surface area contributed by atoms with E-state index in [-0.39, 0.29) is 9.77 Å². The van der Waals surface area contributed by atoms with Gasteiger partial charge < -0.3 is 0 Å². The number of hydrogen-bond acceptors (Lipinski definition) is 7. The Morgan fingerprint density at radius 2 is 2.04 bits per heavy atom. The zero-order valence-corrected chi connectivity index (χ0v) is 16.1. The lowest BCUT2D eigenvalue weighted by atomic mass is 10.1. The van der Waals surface area contributed by atoms with Crippen LogP contribution >= 0.6 is 22.7 Å². The van der Waals surface area contributed by atoms with Gasteiger partial charge in [0.2, 0.25) is 10.0 Å². The molecule has 132 valence electrons. The third-order valence-corrected chi connectivity index (χ3v) is 8.09. The van der Waals surface area contributed by atoms with E-state index in [1.54, 1.807) is 17.7 Å². The average Bonchev–Trinajstić information content (AvgIpc) is 3.26. The first-order chi connectivity index (χ1) is 11.9. The molecule has 1 unspecified atom stereocenters. The van der Waals surface area contributed by atoms with Crippen LogP contribution in [0.2, 0.25) is 0 Å². The van der Waals surface area contributed by atoms with Gasteiger partial charge in [-0.3, -0.25) is 4.79 Å². The highest BCUT2D eigenvalue weighted by Gasteiger charge is 2.34. The molecule has 1 atom stereocenters. The van der Waals surface area contributed by atoms with E-state index >= 15 is 0 Å². The summed E-state index contributed by atoms with van der Waals surface area (Å²) in [4.78, 5) is 17.2. The Morgan fingerprint density at radius 1 is 1.32 bits per heavy atom. The lowest BCUT2D eigenvalue weighted by Crippen LogP contribution is -2.36. The number of nitriles is 1. The van der Waals surface area contributed by atoms with Crippen LogP contribution in [0.4, 0.5) is 0 Å². The van der Waals surface area contributed by atoms with Crippen molar-refractivity contribution in [3.05, 3.63) is 32.4 Å². The number of aryl methyl sites for hydroxylation is 1. The van der Waals surface area contributed by atoms with Crippen molar-refractivity contribution in [2.24, 2.45) is 0 Å². The molecule has 1 saturated heterocycles. The monoisotopic (exact) mass is 395 g/mol. The molecule has 0 saturated carbocycles. The van der Waals surface area contributed by atoms with Crippen LogP contribution in [0.5, 0.6) is 0 Å². The summed E-state index contributed by atoms with van der Waals surface area (Å²) in [5.74, 6) is -1.57. The highest BCUT2D eigenvalue weighted by molar-refractivity contribution is 7.89. The fourth-order valence-corrected chi connectivity index (χ4v) is 6.52. The number of sulfonamides is 1. The van der Waals surface area contributed by atoms with E-state index in [0.29, 0.717) is 18.1 Å². The maximum Gasteiger partial charge on any atom is 0.244 e. The molecule has 1 aliphatic heterocycles. The molecule has 0 bridgehead atoms. The Balaban J connectivity index is 1.95. The molecular formula is C16H17N3O3S3. The second kappa shape index (κ2) is 7.33. The van der Waals surface area contributed by atoms with Gasteiger partial charge in [-0.1, -0.05) is 6.42 Å². The number of nitrogens with zero attached hydrogens (tertiary/aromatic N) is 3. The summed E-state index contributed by atoms with van der Waals surface area (Å²) in [5, 5.41) is 13.2. The molecule has 0 radical (unpaired) electrons. The number of Topliss-reactive ketones (excluding diaryl/α,β-unsaturated/α-hetero) is 1. The van der Waals surface area contributed by atoms with Gasteiger partial charge in [0.05, 0.1) is 10.9 Å². The number of thiophene rings is 1. The summed E-state index contributed by atoms with van der Waals surface area (Å²) in [5.41, 5.74) is 0.736. The lowest BCUT2D eigenvalue weighted by molar-refractivity contribution is 0.0979. The molecule has 0 aromatic carbocycles. The summed E-state index contributed by atoms with van der Waals surface area (Å²) in [6.07, 6.45) is 2.67. The molecule has 3 heterocycles. The van der Waals surface area contributed by atoms with Crippen LogP contribution in [-0.4, -0.2) is 36.6 Å². The predicted octanol–water partition coefficient (Wildman–Crippen LogP) is 3.18. The Bertz CT molecular complexity index is 918. The van der Waals surface area contributed by atoms with Crippen molar-refractivity contribution in [1.82, 2.24) is 9.29 Å². The first-order valence-corrected chi connectivity index (χ1v) is 11.1. The van der Waals surface area contributed by atoms with Crippen LogP contribution in [0.1, 0.15) is 45.6 Å². The fraction of sp³-hybridized carbons (Fsp3) is 0.438. The van der Waals surface area contributed by atoms with Crippen molar-refractivity contribution in [2.75, 3.05) is 13.1 Å². The van der Waals surface area contributed by atoms with E-state index in [2.05, 4.69) is 4.98 Å². The molecule has 1 fully saturated rings. The van der Waals surface area contributed by atoms with Gasteiger partial charge in [-0.15, -0.1) is 22.7 Å². The summed E-state index contributed by atoms with van der Waals surface area (Å²) < 4.78 is 27.3. The zero-order valence-electron chi connectivity index (χ0n) is 13.6. The average molecular weight is 396 g/mol. The smallest absolute Gasteiger partial charge is 0.244 e. The number of carbonyl (C=O) groups is 1. The van der Waals surface area contributed by atoms with Crippen LogP contribution in [0, 0.1) is 18.3 Å². The van der Waals surface area contributed by atoms with E-state index in [1.165, 1.54) is 21.7 Å². The van der Waals surface area contributed by atoms with Crippen LogP contribution in [0.15, 0.2) is 21.7 Å². The third-order valence-electron chi connectivity index (χ3n) is 4.06. The number of rotatable bonds is 5. The maximum absolute atomic E-state index is 12.9. The number of hydrogen-bond donors (Lipinski definition) is 0. The molecule has 0 spiro atoms. The Labute approximate surface area is 154 Å². The number of piperidine rings is 1. The second-order valence-corrected chi connectivity index (χ2v) is 9.54. The van der Waals surface area contributed by atoms with Crippen molar-refractivity contribution in [3.8, 4) is 6.07 Å². The molecule has 1 aliphatic rings. The van der Waals surface area contributed by atoms with E-state index < -0.39 is 21.7 Å². The third kappa shape index (κ3) is 3.53. The van der Waals surface area contributed by atoms with Gasteiger partial charge in [0.1, 0.15) is 9.90 Å². The number of ketones is 1. The lowest BCUT2D eigenvalue weighted by Gasteiger charge is -2.25. The molecular weight excluding hydrogens is 378 g/mol. The molecule has 25 heavy (non-hydrogen) atoms. The fourth-order valence-electron chi connectivity index (χ4n) is 2.79. The first kappa shape index (κ1) is 18.2. The van der Waals surface area contributed by atoms with Gasteiger partial charge >= 0.3 is 0 Å². The Hall–Kier alpha value is -1.60. The summed E-state index contributed by atoms with van der Waals surface area (Å²) in [6, 6.07) is 3.44.